The molecule has 1 atom stereocenters. The Labute approximate surface area is 111 Å². The molecule has 0 spiro atoms. The third kappa shape index (κ3) is 3.15. The topological polar surface area (TPSA) is 61.4 Å². The number of carbonyl (C=O) groups is 1. The summed E-state index contributed by atoms with van der Waals surface area (Å²) in [5, 5.41) is 16.1. The number of rotatable bonds is 3. The molecule has 18 heavy (non-hydrogen) atoms. The van der Waals surface area contributed by atoms with Crippen LogP contribution in [0.15, 0.2) is 18.2 Å². The van der Waals surface area contributed by atoms with Crippen LogP contribution in [0.3, 0.4) is 0 Å². The standard InChI is InChI=1S/C13H17ClN2O2/c14-10-5-3-4-9(12(10)17)8-16-11-6-1-2-7-15-13(11)18/h3-5,11,16-17H,1-2,6-8H2,(H,15,18). The molecular weight excluding hydrogens is 252 g/mol. The zero-order chi connectivity index (χ0) is 13.0. The molecule has 3 N–H and O–H groups in total. The Morgan fingerprint density at radius 1 is 1.44 bits per heavy atom. The van der Waals surface area contributed by atoms with Crippen molar-refractivity contribution in [3.05, 3.63) is 28.8 Å². The van der Waals surface area contributed by atoms with E-state index in [1.807, 2.05) is 0 Å². The van der Waals surface area contributed by atoms with Gasteiger partial charge < -0.3 is 15.7 Å². The summed E-state index contributed by atoms with van der Waals surface area (Å²) in [6.07, 6.45) is 2.87. The number of amides is 1. The lowest BCUT2D eigenvalue weighted by atomic mass is 10.1. The Hall–Kier alpha value is -1.26. The lowest BCUT2D eigenvalue weighted by Gasteiger charge is -2.15. The first-order valence-electron chi connectivity index (χ1n) is 6.16. The van der Waals surface area contributed by atoms with Gasteiger partial charge in [0, 0.05) is 18.7 Å². The van der Waals surface area contributed by atoms with Gasteiger partial charge in [0.25, 0.3) is 0 Å². The quantitative estimate of drug-likeness (QED) is 0.783. The molecule has 1 aliphatic heterocycles. The van der Waals surface area contributed by atoms with Gasteiger partial charge >= 0.3 is 0 Å². The number of hydrogen-bond acceptors (Lipinski definition) is 3. The number of phenols is 1. The van der Waals surface area contributed by atoms with Crippen molar-refractivity contribution < 1.29 is 9.90 Å². The molecule has 1 saturated heterocycles. The van der Waals surface area contributed by atoms with E-state index in [1.54, 1.807) is 18.2 Å². The van der Waals surface area contributed by atoms with E-state index < -0.39 is 0 Å². The number of phenolic OH excluding ortho intramolecular Hbond substituents is 1. The maximum atomic E-state index is 11.7. The smallest absolute Gasteiger partial charge is 0.237 e. The summed E-state index contributed by atoms with van der Waals surface area (Å²) in [5.41, 5.74) is 0.708. The van der Waals surface area contributed by atoms with Crippen LogP contribution >= 0.6 is 11.6 Å². The van der Waals surface area contributed by atoms with Crippen LogP contribution in [0, 0.1) is 0 Å². The zero-order valence-corrected chi connectivity index (χ0v) is 10.8. The number of aromatic hydroxyl groups is 1. The van der Waals surface area contributed by atoms with Crippen LogP contribution in [-0.4, -0.2) is 23.6 Å². The maximum Gasteiger partial charge on any atom is 0.237 e. The second-order valence-corrected chi connectivity index (χ2v) is 4.88. The van der Waals surface area contributed by atoms with Crippen molar-refractivity contribution in [1.82, 2.24) is 10.6 Å². The number of benzene rings is 1. The lowest BCUT2D eigenvalue weighted by Crippen LogP contribution is -2.42. The molecule has 1 fully saturated rings. The Balaban J connectivity index is 1.98. The third-order valence-corrected chi connectivity index (χ3v) is 3.45. The minimum atomic E-state index is -0.189. The van der Waals surface area contributed by atoms with Gasteiger partial charge in [-0.15, -0.1) is 0 Å². The normalized spacial score (nSPS) is 20.3. The van der Waals surface area contributed by atoms with Gasteiger partial charge in [-0.3, -0.25) is 4.79 Å². The molecule has 1 aromatic carbocycles. The molecule has 0 saturated carbocycles. The van der Waals surface area contributed by atoms with Gasteiger partial charge in [-0.2, -0.15) is 0 Å². The zero-order valence-electron chi connectivity index (χ0n) is 10.1. The number of nitrogens with one attached hydrogen (secondary N) is 2. The fraction of sp³-hybridized carbons (Fsp3) is 0.462. The van der Waals surface area contributed by atoms with E-state index in [2.05, 4.69) is 10.6 Å². The molecule has 1 aliphatic rings. The van der Waals surface area contributed by atoms with E-state index in [9.17, 15) is 9.90 Å². The first kappa shape index (κ1) is 13.2. The van der Waals surface area contributed by atoms with Crippen LogP contribution in [0.4, 0.5) is 0 Å². The molecule has 0 aromatic heterocycles. The summed E-state index contributed by atoms with van der Waals surface area (Å²) in [5.74, 6) is 0.120. The molecule has 0 aliphatic carbocycles. The van der Waals surface area contributed by atoms with Gasteiger partial charge in [-0.1, -0.05) is 23.7 Å². The van der Waals surface area contributed by atoms with Crippen LogP contribution in [0.2, 0.25) is 5.02 Å². The molecule has 0 bridgehead atoms. The average Bonchev–Trinajstić information content (AvgIpc) is 2.56. The van der Waals surface area contributed by atoms with Crippen LogP contribution in [0.25, 0.3) is 0 Å². The van der Waals surface area contributed by atoms with Crippen molar-refractivity contribution in [3.8, 4) is 5.75 Å². The highest BCUT2D eigenvalue weighted by molar-refractivity contribution is 6.32. The second kappa shape index (κ2) is 6.07. The molecule has 98 valence electrons. The van der Waals surface area contributed by atoms with Crippen molar-refractivity contribution in [1.29, 1.82) is 0 Å². The minimum Gasteiger partial charge on any atom is -0.506 e. The predicted octanol–water partition coefficient (Wildman–Crippen LogP) is 1.80. The molecule has 0 radical (unpaired) electrons. The fourth-order valence-electron chi connectivity index (χ4n) is 2.07. The van der Waals surface area contributed by atoms with Crippen molar-refractivity contribution in [2.24, 2.45) is 0 Å². The highest BCUT2D eigenvalue weighted by Crippen LogP contribution is 2.26. The summed E-state index contributed by atoms with van der Waals surface area (Å²) in [4.78, 5) is 11.7. The number of para-hydroxylation sites is 1. The summed E-state index contributed by atoms with van der Waals surface area (Å²) in [7, 11) is 0. The molecule has 2 rings (SSSR count). The lowest BCUT2D eigenvalue weighted by molar-refractivity contribution is -0.122. The molecule has 1 heterocycles. The summed E-state index contributed by atoms with van der Waals surface area (Å²) < 4.78 is 0. The predicted molar refractivity (Wildman–Crippen MR) is 70.6 cm³/mol. The van der Waals surface area contributed by atoms with Crippen LogP contribution < -0.4 is 10.6 Å². The first-order chi connectivity index (χ1) is 8.68. The SMILES string of the molecule is O=C1NCCCCC1NCc1cccc(Cl)c1O. The Morgan fingerprint density at radius 2 is 2.28 bits per heavy atom. The van der Waals surface area contributed by atoms with E-state index in [0.29, 0.717) is 17.1 Å². The van der Waals surface area contributed by atoms with E-state index >= 15 is 0 Å². The van der Waals surface area contributed by atoms with Crippen LogP contribution in [0.5, 0.6) is 5.75 Å². The van der Waals surface area contributed by atoms with E-state index in [-0.39, 0.29) is 17.7 Å². The molecule has 1 amide bonds. The highest BCUT2D eigenvalue weighted by Gasteiger charge is 2.20. The monoisotopic (exact) mass is 268 g/mol. The third-order valence-electron chi connectivity index (χ3n) is 3.14. The largest absolute Gasteiger partial charge is 0.506 e. The van der Waals surface area contributed by atoms with Gasteiger partial charge in [0.1, 0.15) is 5.75 Å². The van der Waals surface area contributed by atoms with Gasteiger partial charge in [0.2, 0.25) is 5.91 Å². The van der Waals surface area contributed by atoms with Gasteiger partial charge in [-0.05, 0) is 25.3 Å². The molecule has 5 heteroatoms. The van der Waals surface area contributed by atoms with Crippen molar-refractivity contribution in [2.75, 3.05) is 6.54 Å². The van der Waals surface area contributed by atoms with Crippen LogP contribution in [-0.2, 0) is 11.3 Å². The molecule has 1 unspecified atom stereocenters. The Bertz CT molecular complexity index is 437. The summed E-state index contributed by atoms with van der Waals surface area (Å²) in [6.45, 7) is 1.18. The van der Waals surface area contributed by atoms with Crippen molar-refractivity contribution in [2.45, 2.75) is 31.8 Å². The summed E-state index contributed by atoms with van der Waals surface area (Å²) in [6, 6.07) is 5.03. The van der Waals surface area contributed by atoms with Crippen molar-refractivity contribution >= 4 is 17.5 Å². The number of carbonyl (C=O) groups excluding carboxylic acids is 1. The number of halogens is 1. The molecular formula is C13H17ClN2O2. The molecule has 1 aromatic rings. The number of hydrogen-bond donors (Lipinski definition) is 3. The van der Waals surface area contributed by atoms with Crippen LogP contribution in [0.1, 0.15) is 24.8 Å². The maximum absolute atomic E-state index is 11.7. The van der Waals surface area contributed by atoms with Gasteiger partial charge in [-0.25, -0.2) is 0 Å². The Kier molecular flexibility index (Phi) is 4.44. The Morgan fingerprint density at radius 3 is 3.11 bits per heavy atom. The van der Waals surface area contributed by atoms with Gasteiger partial charge in [0.15, 0.2) is 0 Å². The average molecular weight is 269 g/mol. The van der Waals surface area contributed by atoms with Crippen molar-refractivity contribution in [3.63, 3.8) is 0 Å². The summed E-state index contributed by atoms with van der Waals surface area (Å²) >= 11 is 5.83. The van der Waals surface area contributed by atoms with E-state index in [0.717, 1.165) is 25.8 Å². The second-order valence-electron chi connectivity index (χ2n) is 4.47. The first-order valence-corrected chi connectivity index (χ1v) is 6.53. The van der Waals surface area contributed by atoms with E-state index in [1.165, 1.54) is 0 Å². The highest BCUT2D eigenvalue weighted by atomic mass is 35.5. The molecule has 4 nitrogen and oxygen atoms in total. The van der Waals surface area contributed by atoms with Gasteiger partial charge in [0.05, 0.1) is 11.1 Å². The minimum absolute atomic E-state index is 0.0361. The van der Waals surface area contributed by atoms with E-state index in [4.69, 9.17) is 11.6 Å². The fourth-order valence-corrected chi connectivity index (χ4v) is 2.26.